The number of fused-ring (bicyclic) bond motifs is 1. The molecule has 0 fully saturated rings. The summed E-state index contributed by atoms with van der Waals surface area (Å²) >= 11 is 12.2. The summed E-state index contributed by atoms with van der Waals surface area (Å²) in [5, 5.41) is 8.43. The number of nitrogens with one attached hydrogen (secondary N) is 2. The molecule has 0 radical (unpaired) electrons. The molecule has 1 aliphatic heterocycles. The van der Waals surface area contributed by atoms with Gasteiger partial charge in [-0.05, 0) is 43.2 Å². The van der Waals surface area contributed by atoms with Crippen LogP contribution in [0.25, 0.3) is 0 Å². The highest BCUT2D eigenvalue weighted by Gasteiger charge is 2.33. The molecule has 170 valence electrons. The van der Waals surface area contributed by atoms with E-state index in [2.05, 4.69) is 39.0 Å². The first-order valence-corrected chi connectivity index (χ1v) is 12.4. The molecule has 32 heavy (non-hydrogen) atoms. The molecule has 0 bridgehead atoms. The van der Waals surface area contributed by atoms with Gasteiger partial charge in [0.05, 0.1) is 22.1 Å². The Hall–Kier alpha value is -2.20. The molecule has 2 atom stereocenters. The molecule has 0 saturated heterocycles. The molecule has 3 aromatic rings. The first kappa shape index (κ1) is 23.0. The second-order valence-electron chi connectivity index (χ2n) is 8.57. The molecule has 2 aromatic heterocycles. The Balaban J connectivity index is 1.42. The molecule has 0 aliphatic carbocycles. The summed E-state index contributed by atoms with van der Waals surface area (Å²) in [6.07, 6.45) is 3.39. The second-order valence-corrected chi connectivity index (χ2v) is 11.1. The van der Waals surface area contributed by atoms with Gasteiger partial charge in [-0.15, -0.1) is 0 Å². The van der Waals surface area contributed by atoms with Crippen molar-refractivity contribution >= 4 is 39.0 Å². The van der Waals surface area contributed by atoms with Crippen molar-refractivity contribution in [2.75, 3.05) is 11.9 Å². The molecule has 3 heterocycles. The van der Waals surface area contributed by atoms with Crippen LogP contribution in [0.15, 0.2) is 47.8 Å². The van der Waals surface area contributed by atoms with Crippen molar-refractivity contribution < 1.29 is 8.42 Å². The first-order valence-electron chi connectivity index (χ1n) is 10.1. The summed E-state index contributed by atoms with van der Waals surface area (Å²) in [6.45, 7) is 6.69. The Morgan fingerprint density at radius 2 is 1.94 bits per heavy atom. The lowest BCUT2D eigenvalue weighted by molar-refractivity contribution is 0.493. The lowest BCUT2D eigenvalue weighted by Gasteiger charge is -2.26. The van der Waals surface area contributed by atoms with E-state index in [1.807, 2.05) is 19.1 Å². The Bertz CT molecular complexity index is 1230. The number of hydrogen-bond donors (Lipinski definition) is 2. The number of aromatic nitrogens is 4. The van der Waals surface area contributed by atoms with Crippen LogP contribution in [0, 0.1) is 0 Å². The zero-order chi connectivity index (χ0) is 23.1. The fourth-order valence-electron chi connectivity index (χ4n) is 3.73. The molecular weight excluding hydrogens is 471 g/mol. The molecule has 1 aliphatic rings. The van der Waals surface area contributed by atoms with Gasteiger partial charge in [0.15, 0.2) is 0 Å². The van der Waals surface area contributed by atoms with Gasteiger partial charge >= 0.3 is 0 Å². The molecule has 4 rings (SSSR count). The molecule has 0 spiro atoms. The maximum atomic E-state index is 12.8. The highest BCUT2D eigenvalue weighted by atomic mass is 35.5. The van der Waals surface area contributed by atoms with Crippen LogP contribution in [0.1, 0.15) is 50.7 Å². The zero-order valence-electron chi connectivity index (χ0n) is 17.9. The fraction of sp³-hybridized carbons (Fsp3) is 0.381. The van der Waals surface area contributed by atoms with Gasteiger partial charge in [0.2, 0.25) is 10.0 Å². The molecule has 11 heteroatoms. The average molecular weight is 495 g/mol. The van der Waals surface area contributed by atoms with Crippen LogP contribution in [0.2, 0.25) is 10.0 Å². The van der Waals surface area contributed by atoms with Crippen LogP contribution in [0.3, 0.4) is 0 Å². The van der Waals surface area contributed by atoms with Crippen molar-refractivity contribution in [2.24, 2.45) is 0 Å². The lowest BCUT2D eigenvalue weighted by atomic mass is 9.84. The van der Waals surface area contributed by atoms with Crippen molar-refractivity contribution in [3.8, 4) is 0 Å². The van der Waals surface area contributed by atoms with Crippen molar-refractivity contribution in [1.82, 2.24) is 24.5 Å². The minimum Gasteiger partial charge on any atom is -0.369 e. The quantitative estimate of drug-likeness (QED) is 0.505. The Morgan fingerprint density at radius 1 is 1.16 bits per heavy atom. The summed E-state index contributed by atoms with van der Waals surface area (Å²) in [4.78, 5) is 8.57. The van der Waals surface area contributed by atoms with Crippen LogP contribution in [0.5, 0.6) is 0 Å². The van der Waals surface area contributed by atoms with E-state index in [-0.39, 0.29) is 16.4 Å². The number of sulfonamides is 1. The third-order valence-electron chi connectivity index (χ3n) is 5.66. The molecule has 0 amide bonds. The normalized spacial score (nSPS) is 18.5. The molecule has 2 N–H and O–H groups in total. The Labute approximate surface area is 197 Å². The zero-order valence-corrected chi connectivity index (χ0v) is 20.2. The Kier molecular flexibility index (Phi) is 6.19. The van der Waals surface area contributed by atoms with Crippen LogP contribution < -0.4 is 10.0 Å². The number of benzene rings is 1. The molecular formula is C21H24Cl2N6O2S. The van der Waals surface area contributed by atoms with E-state index < -0.39 is 16.1 Å². The van der Waals surface area contributed by atoms with E-state index >= 15 is 0 Å². The minimum absolute atomic E-state index is 0.0868. The number of rotatable bonds is 7. The highest BCUT2D eigenvalue weighted by Crippen LogP contribution is 2.33. The maximum absolute atomic E-state index is 12.8. The summed E-state index contributed by atoms with van der Waals surface area (Å²) in [7, 11) is -3.75. The number of nitrogens with zero attached hydrogens (tertiary/aromatic N) is 4. The van der Waals surface area contributed by atoms with E-state index in [1.54, 1.807) is 16.8 Å². The van der Waals surface area contributed by atoms with Crippen molar-refractivity contribution in [2.45, 2.75) is 49.6 Å². The molecule has 1 aromatic carbocycles. The van der Waals surface area contributed by atoms with Crippen LogP contribution in [0.4, 0.5) is 5.82 Å². The summed E-state index contributed by atoms with van der Waals surface area (Å²) in [6, 6.07) is 8.43. The largest absolute Gasteiger partial charge is 0.369 e. The van der Waals surface area contributed by atoms with Gasteiger partial charge in [0, 0.05) is 18.2 Å². The van der Waals surface area contributed by atoms with E-state index in [0.717, 1.165) is 5.56 Å². The molecule has 8 nitrogen and oxygen atoms in total. The van der Waals surface area contributed by atoms with Gasteiger partial charge in [-0.3, -0.25) is 0 Å². The van der Waals surface area contributed by atoms with E-state index in [1.165, 1.54) is 18.6 Å². The van der Waals surface area contributed by atoms with Gasteiger partial charge in [-0.2, -0.15) is 5.10 Å². The lowest BCUT2D eigenvalue weighted by Crippen LogP contribution is -2.29. The number of hydrogen-bond acceptors (Lipinski definition) is 6. The number of halogens is 2. The smallest absolute Gasteiger partial charge is 0.242 e. The first-order chi connectivity index (χ1) is 15.1. The minimum atomic E-state index is -3.75. The van der Waals surface area contributed by atoms with Crippen LogP contribution in [-0.4, -0.2) is 34.7 Å². The highest BCUT2D eigenvalue weighted by molar-refractivity contribution is 7.89. The van der Waals surface area contributed by atoms with Crippen LogP contribution >= 0.6 is 23.2 Å². The van der Waals surface area contributed by atoms with Gasteiger partial charge in [-0.25, -0.2) is 27.8 Å². The average Bonchev–Trinajstić information content (AvgIpc) is 3.34. The molecule has 0 saturated carbocycles. The Morgan fingerprint density at radius 3 is 2.62 bits per heavy atom. The topological polar surface area (TPSA) is 102 Å². The summed E-state index contributed by atoms with van der Waals surface area (Å²) in [5.41, 5.74) is 0.776. The van der Waals surface area contributed by atoms with Crippen molar-refractivity contribution in [3.05, 3.63) is 64.3 Å². The number of pyridine rings is 1. The van der Waals surface area contributed by atoms with E-state index in [4.69, 9.17) is 23.2 Å². The second kappa shape index (κ2) is 8.62. The number of anilines is 1. The predicted molar refractivity (Wildman–Crippen MR) is 125 cm³/mol. The van der Waals surface area contributed by atoms with E-state index in [0.29, 0.717) is 34.7 Å². The summed E-state index contributed by atoms with van der Waals surface area (Å²) in [5.74, 6) is 1.20. The van der Waals surface area contributed by atoms with Gasteiger partial charge in [0.25, 0.3) is 0 Å². The maximum Gasteiger partial charge on any atom is 0.242 e. The summed E-state index contributed by atoms with van der Waals surface area (Å²) < 4.78 is 30.2. The van der Waals surface area contributed by atoms with E-state index in [9.17, 15) is 8.42 Å². The standard InChI is InChI=1S/C21H24Cl2N6O2S/c1-13-8-18(20-26-12-27-29(13)20)28-32(30,31)15-5-7-19(24-10-15)25-11-21(2,3)14-4-6-16(22)17(23)9-14/h4-7,9-10,12-13,18,28H,8,11H2,1-3H3,(H,24,25). The fourth-order valence-corrected chi connectivity index (χ4v) is 5.17. The monoisotopic (exact) mass is 494 g/mol. The third kappa shape index (κ3) is 4.61. The van der Waals surface area contributed by atoms with Crippen molar-refractivity contribution in [3.63, 3.8) is 0 Å². The van der Waals surface area contributed by atoms with Gasteiger partial charge < -0.3 is 5.32 Å². The molecule has 2 unspecified atom stereocenters. The SMILES string of the molecule is CC1CC(NS(=O)(=O)c2ccc(NCC(C)(C)c3ccc(Cl)c(Cl)c3)nc2)c2ncnn21. The van der Waals surface area contributed by atoms with Gasteiger partial charge in [0.1, 0.15) is 22.9 Å². The third-order valence-corrected chi connectivity index (χ3v) is 7.86. The van der Waals surface area contributed by atoms with Gasteiger partial charge in [-0.1, -0.05) is 43.1 Å². The predicted octanol–water partition coefficient (Wildman–Crippen LogP) is 4.35. The van der Waals surface area contributed by atoms with Crippen LogP contribution in [-0.2, 0) is 15.4 Å². The van der Waals surface area contributed by atoms with Crippen molar-refractivity contribution in [1.29, 1.82) is 0 Å².